The quantitative estimate of drug-likeness (QED) is 0.759. The minimum atomic E-state index is 0.256. The lowest BCUT2D eigenvalue weighted by atomic mass is 10.0. The summed E-state index contributed by atoms with van der Waals surface area (Å²) in [5.41, 5.74) is 1.27. The fraction of sp³-hybridized carbons (Fsp3) is 0.278. The van der Waals surface area contributed by atoms with Gasteiger partial charge in [0.1, 0.15) is 5.76 Å². The van der Waals surface area contributed by atoms with Crippen LogP contribution in [0, 0.1) is 0 Å². The van der Waals surface area contributed by atoms with Gasteiger partial charge in [0.05, 0.1) is 12.7 Å². The van der Waals surface area contributed by atoms with E-state index in [-0.39, 0.29) is 6.04 Å². The van der Waals surface area contributed by atoms with Crippen LogP contribution in [0.3, 0.4) is 0 Å². The lowest BCUT2D eigenvalue weighted by Gasteiger charge is -2.13. The van der Waals surface area contributed by atoms with Gasteiger partial charge < -0.3 is 9.73 Å². The van der Waals surface area contributed by atoms with Gasteiger partial charge in [-0.3, -0.25) is 0 Å². The second-order valence-electron chi connectivity index (χ2n) is 5.28. The predicted molar refractivity (Wildman–Crippen MR) is 85.1 cm³/mol. The maximum atomic E-state index is 5.62. The number of hydrogen-bond donors (Lipinski definition) is 1. The maximum absolute atomic E-state index is 5.62. The van der Waals surface area contributed by atoms with Crippen molar-refractivity contribution < 1.29 is 4.42 Å². The maximum Gasteiger partial charge on any atom is 0.208 e. The van der Waals surface area contributed by atoms with Crippen molar-refractivity contribution in [1.82, 2.24) is 10.3 Å². The summed E-state index contributed by atoms with van der Waals surface area (Å²) in [6.07, 6.45) is 2.69. The van der Waals surface area contributed by atoms with E-state index in [2.05, 4.69) is 66.6 Å². The number of aromatic nitrogens is 1. The summed E-state index contributed by atoms with van der Waals surface area (Å²) < 4.78 is 5.62. The molecule has 3 rings (SSSR count). The zero-order valence-electron chi connectivity index (χ0n) is 12.5. The van der Waals surface area contributed by atoms with Crippen LogP contribution in [-0.4, -0.2) is 4.98 Å². The second-order valence-corrected chi connectivity index (χ2v) is 5.28. The fourth-order valence-corrected chi connectivity index (χ4v) is 2.43. The van der Waals surface area contributed by atoms with Crippen LogP contribution in [-0.2, 0) is 13.0 Å². The number of benzene rings is 2. The Bertz CT molecular complexity index is 733. The molecule has 108 valence electrons. The summed E-state index contributed by atoms with van der Waals surface area (Å²) in [5, 5.41) is 6.00. The summed E-state index contributed by atoms with van der Waals surface area (Å²) in [4.78, 5) is 4.27. The van der Waals surface area contributed by atoms with Crippen LogP contribution in [0.2, 0.25) is 0 Å². The normalized spacial score (nSPS) is 12.7. The molecule has 3 heteroatoms. The molecule has 0 saturated carbocycles. The summed E-state index contributed by atoms with van der Waals surface area (Å²) in [7, 11) is 0. The molecule has 21 heavy (non-hydrogen) atoms. The van der Waals surface area contributed by atoms with E-state index in [9.17, 15) is 0 Å². The lowest BCUT2D eigenvalue weighted by Crippen LogP contribution is -2.18. The third kappa shape index (κ3) is 3.14. The minimum absolute atomic E-state index is 0.256. The molecule has 0 fully saturated rings. The molecule has 1 unspecified atom stereocenters. The number of aryl methyl sites for hydroxylation is 1. The Kier molecular flexibility index (Phi) is 4.02. The molecule has 0 aliphatic rings. The number of hydrogen-bond acceptors (Lipinski definition) is 3. The van der Waals surface area contributed by atoms with Crippen molar-refractivity contribution in [3.63, 3.8) is 0 Å². The highest BCUT2D eigenvalue weighted by atomic mass is 16.4. The zero-order valence-corrected chi connectivity index (χ0v) is 12.5. The molecular formula is C18H20N2O. The van der Waals surface area contributed by atoms with Crippen molar-refractivity contribution in [3.05, 3.63) is 65.9 Å². The van der Waals surface area contributed by atoms with E-state index >= 15 is 0 Å². The second kappa shape index (κ2) is 6.10. The summed E-state index contributed by atoms with van der Waals surface area (Å²) in [5.74, 6) is 1.68. The highest BCUT2D eigenvalue weighted by Crippen LogP contribution is 2.20. The van der Waals surface area contributed by atoms with Crippen molar-refractivity contribution in [2.24, 2.45) is 0 Å². The van der Waals surface area contributed by atoms with Crippen LogP contribution in [0.1, 0.15) is 37.1 Å². The summed E-state index contributed by atoms with van der Waals surface area (Å²) in [6.45, 7) is 4.87. The monoisotopic (exact) mass is 280 g/mol. The van der Waals surface area contributed by atoms with Crippen LogP contribution in [0.25, 0.3) is 10.8 Å². The molecule has 1 atom stereocenters. The standard InChI is InChI=1S/C18H20N2O/c1-3-17-11-20-18(21-17)12-19-13(2)15-9-8-14-6-4-5-7-16(14)10-15/h4-11,13,19H,3,12H2,1-2H3. The molecule has 3 aromatic rings. The van der Waals surface area contributed by atoms with Gasteiger partial charge >= 0.3 is 0 Å². The average Bonchev–Trinajstić information content (AvgIpc) is 3.00. The first kappa shape index (κ1) is 13.8. The molecule has 3 nitrogen and oxygen atoms in total. The number of fused-ring (bicyclic) bond motifs is 1. The van der Waals surface area contributed by atoms with E-state index in [0.29, 0.717) is 6.54 Å². The molecule has 0 spiro atoms. The van der Waals surface area contributed by atoms with Crippen molar-refractivity contribution >= 4 is 10.8 Å². The van der Waals surface area contributed by atoms with Gasteiger partial charge in [-0.2, -0.15) is 0 Å². The van der Waals surface area contributed by atoms with Crippen LogP contribution >= 0.6 is 0 Å². The molecule has 0 radical (unpaired) electrons. The zero-order chi connectivity index (χ0) is 14.7. The smallest absolute Gasteiger partial charge is 0.208 e. The van der Waals surface area contributed by atoms with Crippen molar-refractivity contribution in [1.29, 1.82) is 0 Å². The molecule has 1 aromatic heterocycles. The van der Waals surface area contributed by atoms with Gasteiger partial charge in [0.2, 0.25) is 5.89 Å². The molecule has 0 aliphatic heterocycles. The van der Waals surface area contributed by atoms with Gasteiger partial charge in [-0.05, 0) is 29.3 Å². The number of oxazole rings is 1. The van der Waals surface area contributed by atoms with E-state index in [1.807, 2.05) is 0 Å². The van der Waals surface area contributed by atoms with Crippen LogP contribution in [0.5, 0.6) is 0 Å². The molecule has 0 saturated heterocycles. The average molecular weight is 280 g/mol. The van der Waals surface area contributed by atoms with Crippen LogP contribution < -0.4 is 5.32 Å². The first-order valence-electron chi connectivity index (χ1n) is 7.42. The third-order valence-corrected chi connectivity index (χ3v) is 3.78. The Morgan fingerprint density at radius 2 is 1.95 bits per heavy atom. The SMILES string of the molecule is CCc1cnc(CNC(C)c2ccc3ccccc3c2)o1. The number of rotatable bonds is 5. The topological polar surface area (TPSA) is 38.1 Å². The van der Waals surface area contributed by atoms with Gasteiger partial charge in [-0.1, -0.05) is 43.3 Å². The van der Waals surface area contributed by atoms with E-state index in [4.69, 9.17) is 4.42 Å². The number of nitrogens with one attached hydrogen (secondary N) is 1. The Balaban J connectivity index is 1.69. The molecule has 1 N–H and O–H groups in total. The molecule has 0 aliphatic carbocycles. The fourth-order valence-electron chi connectivity index (χ4n) is 2.43. The highest BCUT2D eigenvalue weighted by Gasteiger charge is 2.08. The molecule has 0 amide bonds. The third-order valence-electron chi connectivity index (χ3n) is 3.78. The minimum Gasteiger partial charge on any atom is -0.444 e. The first-order chi connectivity index (χ1) is 10.3. The lowest BCUT2D eigenvalue weighted by molar-refractivity contribution is 0.424. The Labute approximate surface area is 125 Å². The Morgan fingerprint density at radius 1 is 1.14 bits per heavy atom. The molecule has 2 aromatic carbocycles. The predicted octanol–water partition coefficient (Wildman–Crippen LogP) is 4.24. The number of nitrogens with zero attached hydrogens (tertiary/aromatic N) is 1. The van der Waals surface area contributed by atoms with E-state index < -0.39 is 0 Å². The largest absolute Gasteiger partial charge is 0.444 e. The van der Waals surface area contributed by atoms with Crippen LogP contribution in [0.4, 0.5) is 0 Å². The summed E-state index contributed by atoms with van der Waals surface area (Å²) in [6, 6.07) is 15.3. The molecule has 0 bridgehead atoms. The van der Waals surface area contributed by atoms with Gasteiger partial charge in [0, 0.05) is 12.5 Å². The van der Waals surface area contributed by atoms with E-state index in [1.54, 1.807) is 6.20 Å². The van der Waals surface area contributed by atoms with Crippen molar-refractivity contribution in [2.75, 3.05) is 0 Å². The van der Waals surface area contributed by atoms with Crippen LogP contribution in [0.15, 0.2) is 53.1 Å². The van der Waals surface area contributed by atoms with Gasteiger partial charge in [-0.15, -0.1) is 0 Å². The Morgan fingerprint density at radius 3 is 2.71 bits per heavy atom. The van der Waals surface area contributed by atoms with E-state index in [0.717, 1.165) is 18.1 Å². The van der Waals surface area contributed by atoms with Crippen molar-refractivity contribution in [3.8, 4) is 0 Å². The first-order valence-corrected chi connectivity index (χ1v) is 7.42. The molecule has 1 heterocycles. The van der Waals surface area contributed by atoms with E-state index in [1.165, 1.54) is 16.3 Å². The van der Waals surface area contributed by atoms with Gasteiger partial charge in [0.15, 0.2) is 0 Å². The highest BCUT2D eigenvalue weighted by molar-refractivity contribution is 5.83. The van der Waals surface area contributed by atoms with Gasteiger partial charge in [-0.25, -0.2) is 4.98 Å². The van der Waals surface area contributed by atoms with Gasteiger partial charge in [0.25, 0.3) is 0 Å². The molecular weight excluding hydrogens is 260 g/mol. The van der Waals surface area contributed by atoms with Crippen molar-refractivity contribution in [2.45, 2.75) is 32.9 Å². The Hall–Kier alpha value is -2.13. The summed E-state index contributed by atoms with van der Waals surface area (Å²) >= 11 is 0.